The van der Waals surface area contributed by atoms with Crippen molar-refractivity contribution in [1.29, 1.82) is 0 Å². The van der Waals surface area contributed by atoms with Crippen LogP contribution in [0.1, 0.15) is 66.9 Å². The van der Waals surface area contributed by atoms with E-state index in [0.29, 0.717) is 73.0 Å². The minimum Gasteiger partial charge on any atom is -0.478 e. The molecule has 0 radical (unpaired) electrons. The molecule has 262 valence electrons. The number of carbonyl (C=O) groups is 4. The van der Waals surface area contributed by atoms with Gasteiger partial charge in [-0.3, -0.25) is 19.6 Å². The highest BCUT2D eigenvalue weighted by molar-refractivity contribution is 6.30. The van der Waals surface area contributed by atoms with Crippen LogP contribution >= 0.6 is 23.2 Å². The predicted molar refractivity (Wildman–Crippen MR) is 192 cm³/mol. The normalized spacial score (nSPS) is 21.5. The molecule has 2 aliphatic heterocycles. The molecule has 3 amide bonds. The monoisotopic (exact) mass is 725 g/mol. The van der Waals surface area contributed by atoms with E-state index in [1.54, 1.807) is 29.7 Å². The molecule has 2 heterocycles. The number of carbonyl (C=O) groups excluding carboxylic acids is 3. The van der Waals surface area contributed by atoms with E-state index in [2.05, 4.69) is 0 Å². The first-order chi connectivity index (χ1) is 24.5. The number of carboxylic acid groups (broad SMARTS) is 1. The van der Waals surface area contributed by atoms with Gasteiger partial charge < -0.3 is 14.9 Å². The van der Waals surface area contributed by atoms with Crippen LogP contribution in [0.3, 0.4) is 0 Å². The number of carboxylic acids is 1. The molecule has 2 aliphatic carbocycles. The molecule has 4 aromatic carbocycles. The fourth-order valence-corrected chi connectivity index (χ4v) is 8.64. The summed E-state index contributed by atoms with van der Waals surface area (Å²) in [5.74, 6) is -1.17. The highest BCUT2D eigenvalue weighted by Gasteiger charge is 2.52. The maximum atomic E-state index is 13.2. The zero-order valence-corrected chi connectivity index (χ0v) is 29.3. The highest BCUT2D eigenvalue weighted by atomic mass is 35.5. The summed E-state index contributed by atoms with van der Waals surface area (Å²) in [5.41, 5.74) is 7.37. The molecule has 4 aromatic rings. The average Bonchev–Trinajstić information content (AvgIpc) is 3.87. The summed E-state index contributed by atoms with van der Waals surface area (Å²) in [6.45, 7) is 2.55. The lowest BCUT2D eigenvalue weighted by molar-refractivity contribution is -0.136. The summed E-state index contributed by atoms with van der Waals surface area (Å²) in [6, 6.07) is 25.9. The van der Waals surface area contributed by atoms with Gasteiger partial charge in [0.15, 0.2) is 0 Å². The maximum Gasteiger partial charge on any atom is 0.335 e. The molecule has 4 aliphatic rings. The number of benzene rings is 4. The van der Waals surface area contributed by atoms with Gasteiger partial charge in [0.25, 0.3) is 5.91 Å². The number of rotatable bonds is 6. The van der Waals surface area contributed by atoms with Crippen LogP contribution in [0.4, 0.5) is 0 Å². The van der Waals surface area contributed by atoms with E-state index < -0.39 is 22.7 Å². The molecular formula is C40H37Cl2N3O6. The Kier molecular flexibility index (Phi) is 9.39. The SMILES string of the molecule is O=C(NO)c1cccc2c1CC1(CCN(Cc3ccc(Cl)cc3)C1=O)C2.O=C(O)c1cccc2c1CC1(CCN(Cc3ccc(Cl)cc3)C1=O)C2. The van der Waals surface area contributed by atoms with Gasteiger partial charge in [0.05, 0.1) is 16.4 Å². The molecular weight excluding hydrogens is 689 g/mol. The summed E-state index contributed by atoms with van der Waals surface area (Å²) >= 11 is 11.8. The van der Waals surface area contributed by atoms with Crippen LogP contribution in [0.5, 0.6) is 0 Å². The molecule has 2 unspecified atom stereocenters. The van der Waals surface area contributed by atoms with Crippen molar-refractivity contribution in [3.63, 3.8) is 0 Å². The van der Waals surface area contributed by atoms with Gasteiger partial charge in [-0.05, 0) is 108 Å². The van der Waals surface area contributed by atoms with E-state index in [1.165, 1.54) is 0 Å². The molecule has 51 heavy (non-hydrogen) atoms. The molecule has 8 rings (SSSR count). The first kappa shape index (κ1) is 34.7. The van der Waals surface area contributed by atoms with Crippen LogP contribution in [0.25, 0.3) is 0 Å². The lowest BCUT2D eigenvalue weighted by Gasteiger charge is -2.23. The molecule has 3 N–H and O–H groups in total. The third-order valence-electron chi connectivity index (χ3n) is 11.0. The summed E-state index contributed by atoms with van der Waals surface area (Å²) in [5, 5.41) is 19.7. The second kappa shape index (κ2) is 13.8. The number of fused-ring (bicyclic) bond motifs is 2. The van der Waals surface area contributed by atoms with E-state index in [4.69, 9.17) is 28.4 Å². The Morgan fingerprint density at radius 1 is 0.647 bits per heavy atom. The number of hydrogen-bond donors (Lipinski definition) is 3. The molecule has 0 saturated carbocycles. The van der Waals surface area contributed by atoms with Crippen molar-refractivity contribution in [2.75, 3.05) is 13.1 Å². The van der Waals surface area contributed by atoms with Crippen molar-refractivity contribution in [3.05, 3.63) is 139 Å². The first-order valence-electron chi connectivity index (χ1n) is 17.0. The van der Waals surface area contributed by atoms with Crippen LogP contribution in [-0.4, -0.2) is 56.9 Å². The minimum absolute atomic E-state index is 0.134. The Labute approximate surface area is 305 Å². The van der Waals surface area contributed by atoms with Gasteiger partial charge in [-0.2, -0.15) is 0 Å². The van der Waals surface area contributed by atoms with Gasteiger partial charge in [-0.25, -0.2) is 10.3 Å². The Morgan fingerprint density at radius 2 is 1.08 bits per heavy atom. The van der Waals surface area contributed by atoms with Crippen molar-refractivity contribution < 1.29 is 29.5 Å². The topological polar surface area (TPSA) is 127 Å². The molecule has 2 atom stereocenters. The minimum atomic E-state index is -0.919. The second-order valence-corrected chi connectivity index (χ2v) is 15.0. The van der Waals surface area contributed by atoms with Crippen LogP contribution in [0.15, 0.2) is 84.9 Å². The quantitative estimate of drug-likeness (QED) is 0.153. The summed E-state index contributed by atoms with van der Waals surface area (Å²) in [6.07, 6.45) is 3.90. The van der Waals surface area contributed by atoms with Crippen LogP contribution in [0.2, 0.25) is 10.0 Å². The Balaban J connectivity index is 0.000000159. The van der Waals surface area contributed by atoms with Gasteiger partial charge in [0.1, 0.15) is 0 Å². The third-order valence-corrected chi connectivity index (χ3v) is 11.5. The average molecular weight is 727 g/mol. The lowest BCUT2D eigenvalue weighted by Crippen LogP contribution is -2.35. The van der Waals surface area contributed by atoms with Gasteiger partial charge in [0.2, 0.25) is 11.8 Å². The fraction of sp³-hybridized carbons (Fsp3) is 0.300. The van der Waals surface area contributed by atoms with E-state index in [-0.39, 0.29) is 11.8 Å². The molecule has 11 heteroatoms. The van der Waals surface area contributed by atoms with Gasteiger partial charge in [-0.15, -0.1) is 0 Å². The number of likely N-dealkylation sites (tertiary alicyclic amines) is 2. The first-order valence-corrected chi connectivity index (χ1v) is 17.7. The van der Waals surface area contributed by atoms with Gasteiger partial charge >= 0.3 is 5.97 Å². The maximum absolute atomic E-state index is 13.2. The van der Waals surface area contributed by atoms with Crippen molar-refractivity contribution in [1.82, 2.24) is 15.3 Å². The Hall–Kier alpha value is -4.70. The summed E-state index contributed by atoms with van der Waals surface area (Å²) in [7, 11) is 0. The number of amides is 3. The van der Waals surface area contributed by atoms with Crippen LogP contribution < -0.4 is 5.48 Å². The number of nitrogens with one attached hydrogen (secondary N) is 1. The molecule has 2 spiro atoms. The summed E-state index contributed by atoms with van der Waals surface area (Å²) < 4.78 is 0. The van der Waals surface area contributed by atoms with Crippen molar-refractivity contribution in [2.24, 2.45) is 10.8 Å². The van der Waals surface area contributed by atoms with Crippen molar-refractivity contribution in [2.45, 2.75) is 51.6 Å². The van der Waals surface area contributed by atoms with E-state index in [1.807, 2.05) is 70.5 Å². The number of aromatic carboxylic acids is 1. The standard InChI is InChI=1S/C20H19ClN2O3.C20H18ClNO3/c21-15-6-4-13(5-7-15)12-23-9-8-20(19(23)25)10-14-2-1-3-16(17(14)11-20)18(24)22-26;21-15-6-4-13(5-7-15)12-22-9-8-20(19(22)25)10-14-2-1-3-16(18(23)24)17(14)11-20/h1-7,26H,8-12H2,(H,22,24);1-7H,8-12H2,(H,23,24). The molecule has 0 aromatic heterocycles. The number of halogens is 2. The molecule has 2 saturated heterocycles. The number of nitrogens with zero attached hydrogens (tertiary/aromatic N) is 2. The smallest absolute Gasteiger partial charge is 0.335 e. The van der Waals surface area contributed by atoms with Crippen LogP contribution in [-0.2, 0) is 48.4 Å². The van der Waals surface area contributed by atoms with Crippen LogP contribution in [0, 0.1) is 10.8 Å². The zero-order valence-electron chi connectivity index (χ0n) is 27.8. The van der Waals surface area contributed by atoms with E-state index in [0.717, 1.165) is 46.2 Å². The third kappa shape index (κ3) is 6.62. The van der Waals surface area contributed by atoms with Crippen molar-refractivity contribution >= 4 is 46.9 Å². The van der Waals surface area contributed by atoms with E-state index in [9.17, 15) is 24.3 Å². The molecule has 9 nitrogen and oxygen atoms in total. The largest absolute Gasteiger partial charge is 0.478 e. The number of hydroxylamine groups is 1. The Morgan fingerprint density at radius 3 is 1.51 bits per heavy atom. The zero-order chi connectivity index (χ0) is 35.9. The lowest BCUT2D eigenvalue weighted by atomic mass is 9.83. The van der Waals surface area contributed by atoms with E-state index >= 15 is 0 Å². The van der Waals surface area contributed by atoms with Gasteiger partial charge in [0, 0.05) is 41.8 Å². The fourth-order valence-electron chi connectivity index (χ4n) is 8.39. The molecule has 2 fully saturated rings. The highest BCUT2D eigenvalue weighted by Crippen LogP contribution is 2.47. The Bertz CT molecular complexity index is 2040. The second-order valence-electron chi connectivity index (χ2n) is 14.1. The molecule has 0 bridgehead atoms. The number of hydrogen-bond acceptors (Lipinski definition) is 5. The predicted octanol–water partition coefficient (Wildman–Crippen LogP) is 6.53. The summed E-state index contributed by atoms with van der Waals surface area (Å²) in [4.78, 5) is 53.4. The van der Waals surface area contributed by atoms with Crippen molar-refractivity contribution in [3.8, 4) is 0 Å². The van der Waals surface area contributed by atoms with Gasteiger partial charge in [-0.1, -0.05) is 71.7 Å².